The van der Waals surface area contributed by atoms with E-state index in [-0.39, 0.29) is 16.9 Å². The number of aliphatic carboxylic acids is 1. The maximum Gasteiger partial charge on any atom is 0.307 e. The fraction of sp³-hybridized carbons (Fsp3) is 0.500. The third-order valence-electron chi connectivity index (χ3n) is 3.92. The van der Waals surface area contributed by atoms with Gasteiger partial charge in [-0.25, -0.2) is 0 Å². The lowest BCUT2D eigenvalue weighted by atomic mass is 9.80. The number of benzene rings is 1. The number of hydrogen-bond donors (Lipinski definition) is 1. The van der Waals surface area contributed by atoms with Crippen LogP contribution in [0.15, 0.2) is 24.3 Å². The third kappa shape index (κ3) is 1.45. The molecule has 1 N–H and O–H groups in total. The van der Waals surface area contributed by atoms with Gasteiger partial charge in [0.25, 0.3) is 0 Å². The summed E-state index contributed by atoms with van der Waals surface area (Å²) in [5, 5.41) is 9.23. The highest BCUT2D eigenvalue weighted by Gasteiger charge is 2.64. The fourth-order valence-electron chi connectivity index (χ4n) is 3.28. The Bertz CT molecular complexity index is 492. The number of carbonyl (C=O) groups is 1. The number of hydrogen-bond acceptors (Lipinski definition) is 2. The van der Waals surface area contributed by atoms with Crippen LogP contribution in [-0.2, 0) is 10.2 Å². The van der Waals surface area contributed by atoms with Gasteiger partial charge in [0.15, 0.2) is 0 Å². The highest BCUT2D eigenvalue weighted by Crippen LogP contribution is 2.63. The molecule has 0 saturated heterocycles. The monoisotopic (exact) mass is 232 g/mol. The zero-order valence-corrected chi connectivity index (χ0v) is 10.1. The van der Waals surface area contributed by atoms with E-state index >= 15 is 0 Å². The third-order valence-corrected chi connectivity index (χ3v) is 3.92. The van der Waals surface area contributed by atoms with E-state index in [9.17, 15) is 9.90 Å². The van der Waals surface area contributed by atoms with Crippen LogP contribution in [0.3, 0.4) is 0 Å². The number of fused-ring (bicyclic) bond motifs is 2. The normalized spacial score (nSPS) is 32.7. The molecule has 3 rings (SSSR count). The predicted molar refractivity (Wildman–Crippen MR) is 63.2 cm³/mol. The van der Waals surface area contributed by atoms with Crippen molar-refractivity contribution in [3.05, 3.63) is 29.8 Å². The minimum Gasteiger partial charge on any atom is -0.488 e. The van der Waals surface area contributed by atoms with Gasteiger partial charge in [-0.2, -0.15) is 0 Å². The Labute approximate surface area is 100 Å². The standard InChI is InChI=1S/C14H16O3/c1-13(2)8-14(7-10(14)12(15)16)9-5-3-4-6-11(9)17-13/h3-6,10H,7-8H2,1-2H3,(H,15,16). The van der Waals surface area contributed by atoms with Crippen molar-refractivity contribution in [1.82, 2.24) is 0 Å². The van der Waals surface area contributed by atoms with Crippen molar-refractivity contribution < 1.29 is 14.6 Å². The summed E-state index contributed by atoms with van der Waals surface area (Å²) >= 11 is 0. The van der Waals surface area contributed by atoms with Crippen LogP contribution in [-0.4, -0.2) is 16.7 Å². The Hall–Kier alpha value is -1.51. The highest BCUT2D eigenvalue weighted by molar-refractivity contribution is 5.78. The zero-order valence-electron chi connectivity index (χ0n) is 10.1. The molecular weight excluding hydrogens is 216 g/mol. The van der Waals surface area contributed by atoms with E-state index in [2.05, 4.69) is 0 Å². The Balaban J connectivity index is 2.09. The molecule has 1 fully saturated rings. The summed E-state index contributed by atoms with van der Waals surface area (Å²) in [5.41, 5.74) is 0.606. The van der Waals surface area contributed by atoms with Gasteiger partial charge < -0.3 is 9.84 Å². The van der Waals surface area contributed by atoms with Gasteiger partial charge in [0.05, 0.1) is 5.92 Å². The molecule has 1 aromatic rings. The summed E-state index contributed by atoms with van der Waals surface area (Å²) < 4.78 is 5.93. The maximum absolute atomic E-state index is 11.2. The van der Waals surface area contributed by atoms with E-state index in [0.29, 0.717) is 0 Å². The van der Waals surface area contributed by atoms with Crippen LogP contribution >= 0.6 is 0 Å². The number of rotatable bonds is 1. The van der Waals surface area contributed by atoms with Crippen LogP contribution in [0.25, 0.3) is 0 Å². The molecule has 90 valence electrons. The van der Waals surface area contributed by atoms with Crippen molar-refractivity contribution in [3.8, 4) is 5.75 Å². The zero-order chi connectivity index (χ0) is 12.3. The summed E-state index contributed by atoms with van der Waals surface area (Å²) in [6, 6.07) is 7.84. The van der Waals surface area contributed by atoms with Gasteiger partial charge in [0.1, 0.15) is 11.4 Å². The first kappa shape index (κ1) is 10.6. The van der Waals surface area contributed by atoms with Gasteiger partial charge >= 0.3 is 5.97 Å². The summed E-state index contributed by atoms with van der Waals surface area (Å²) in [6.07, 6.45) is 1.53. The molecule has 0 aromatic heterocycles. The van der Waals surface area contributed by atoms with Crippen LogP contribution < -0.4 is 4.74 Å². The van der Waals surface area contributed by atoms with Crippen molar-refractivity contribution in [3.63, 3.8) is 0 Å². The van der Waals surface area contributed by atoms with E-state index in [1.807, 2.05) is 38.1 Å². The first-order chi connectivity index (χ1) is 7.95. The lowest BCUT2D eigenvalue weighted by Gasteiger charge is -2.38. The molecular formula is C14H16O3. The highest BCUT2D eigenvalue weighted by atomic mass is 16.5. The molecule has 1 aliphatic carbocycles. The van der Waals surface area contributed by atoms with Crippen molar-refractivity contribution in [1.29, 1.82) is 0 Å². The minimum absolute atomic E-state index is 0.190. The first-order valence-electron chi connectivity index (χ1n) is 5.96. The summed E-state index contributed by atoms with van der Waals surface area (Å²) in [6.45, 7) is 4.06. The molecule has 1 aromatic carbocycles. The van der Waals surface area contributed by atoms with Crippen molar-refractivity contribution in [2.75, 3.05) is 0 Å². The molecule has 17 heavy (non-hydrogen) atoms. The second-order valence-corrected chi connectivity index (χ2v) is 5.79. The molecule has 0 amide bonds. The molecule has 1 aliphatic heterocycles. The van der Waals surface area contributed by atoms with Gasteiger partial charge in [0, 0.05) is 11.0 Å². The minimum atomic E-state index is -0.683. The average molecular weight is 232 g/mol. The molecule has 2 atom stereocenters. The van der Waals surface area contributed by atoms with Crippen molar-refractivity contribution in [2.45, 2.75) is 37.7 Å². The van der Waals surface area contributed by atoms with Crippen LogP contribution in [0.5, 0.6) is 5.75 Å². The SMILES string of the molecule is CC1(C)CC2(CC2C(=O)O)c2ccccc2O1. The largest absolute Gasteiger partial charge is 0.488 e. The van der Waals surface area contributed by atoms with E-state index in [1.54, 1.807) is 0 Å². The Morgan fingerprint density at radius 2 is 2.12 bits per heavy atom. The number of ether oxygens (including phenoxy) is 1. The molecule has 1 saturated carbocycles. The van der Waals surface area contributed by atoms with E-state index < -0.39 is 5.97 Å². The lowest BCUT2D eigenvalue weighted by molar-refractivity contribution is -0.139. The van der Waals surface area contributed by atoms with Crippen LogP contribution in [0.4, 0.5) is 0 Å². The summed E-state index contributed by atoms with van der Waals surface area (Å²) in [7, 11) is 0. The van der Waals surface area contributed by atoms with E-state index in [0.717, 1.165) is 24.2 Å². The molecule has 3 heteroatoms. The number of carboxylic acid groups (broad SMARTS) is 1. The fourth-order valence-corrected chi connectivity index (χ4v) is 3.28. The van der Waals surface area contributed by atoms with Crippen molar-refractivity contribution >= 4 is 5.97 Å². The second-order valence-electron chi connectivity index (χ2n) is 5.79. The molecule has 2 unspecified atom stereocenters. The lowest BCUT2D eigenvalue weighted by Crippen LogP contribution is -2.39. The molecule has 0 radical (unpaired) electrons. The Morgan fingerprint density at radius 1 is 1.41 bits per heavy atom. The smallest absolute Gasteiger partial charge is 0.307 e. The van der Waals surface area contributed by atoms with Gasteiger partial charge in [0.2, 0.25) is 0 Å². The number of para-hydroxylation sites is 1. The van der Waals surface area contributed by atoms with E-state index in [1.165, 1.54) is 0 Å². The van der Waals surface area contributed by atoms with Crippen LogP contribution in [0.2, 0.25) is 0 Å². The molecule has 3 nitrogen and oxygen atoms in total. The maximum atomic E-state index is 11.2. The van der Waals surface area contributed by atoms with Crippen LogP contribution in [0, 0.1) is 5.92 Å². The number of carboxylic acids is 1. The summed E-state index contributed by atoms with van der Waals surface area (Å²) in [4.78, 5) is 11.2. The van der Waals surface area contributed by atoms with Gasteiger partial charge in [-0.1, -0.05) is 18.2 Å². The van der Waals surface area contributed by atoms with Gasteiger partial charge in [-0.15, -0.1) is 0 Å². The van der Waals surface area contributed by atoms with Crippen LogP contribution in [0.1, 0.15) is 32.3 Å². The molecule has 1 heterocycles. The van der Waals surface area contributed by atoms with Gasteiger partial charge in [-0.05, 0) is 32.8 Å². The molecule has 1 spiro atoms. The summed E-state index contributed by atoms with van der Waals surface area (Å²) in [5.74, 6) is -0.0724. The predicted octanol–water partition coefficient (Wildman–Crippen LogP) is 2.59. The molecule has 0 bridgehead atoms. The van der Waals surface area contributed by atoms with Crippen molar-refractivity contribution in [2.24, 2.45) is 5.92 Å². The molecule has 2 aliphatic rings. The first-order valence-corrected chi connectivity index (χ1v) is 5.96. The second kappa shape index (κ2) is 3.03. The average Bonchev–Trinajstić information content (AvgIpc) is 2.91. The quantitative estimate of drug-likeness (QED) is 0.809. The Morgan fingerprint density at radius 3 is 2.76 bits per heavy atom. The van der Waals surface area contributed by atoms with Gasteiger partial charge in [-0.3, -0.25) is 4.79 Å². The van der Waals surface area contributed by atoms with E-state index in [4.69, 9.17) is 4.74 Å². The topological polar surface area (TPSA) is 46.5 Å². The Kier molecular flexibility index (Phi) is 1.90.